The Morgan fingerprint density at radius 2 is 0.962 bits per heavy atom. The molecule has 0 aromatic carbocycles. The lowest BCUT2D eigenvalue weighted by atomic mass is 9.92. The molecular weight excluding hydrogens is 650 g/mol. The Kier molecular flexibility index (Phi) is 35.6. The number of hydrogen-bond acceptors (Lipinski definition) is 7. The first-order valence-corrected chi connectivity index (χ1v) is 21.6. The number of ether oxygens (including phenoxy) is 3. The van der Waals surface area contributed by atoms with Gasteiger partial charge in [-0.05, 0) is 83.2 Å². The smallest absolute Gasteiger partial charge is 0.306 e. The fraction of sp³-hybridized carbons (Fsp3) is 0.844. The Bertz CT molecular complexity index is 848. The molecular formula is C45H83NO6. The molecule has 304 valence electrons. The molecule has 0 spiro atoms. The van der Waals surface area contributed by atoms with E-state index in [0.29, 0.717) is 50.9 Å². The summed E-state index contributed by atoms with van der Waals surface area (Å²) in [6.45, 7) is 11.0. The fourth-order valence-corrected chi connectivity index (χ4v) is 6.44. The van der Waals surface area contributed by atoms with E-state index in [1.807, 2.05) is 12.2 Å². The number of hydrogen-bond donors (Lipinski definition) is 0. The van der Waals surface area contributed by atoms with Gasteiger partial charge in [0.1, 0.15) is 13.2 Å². The van der Waals surface area contributed by atoms with Gasteiger partial charge in [-0.1, -0.05) is 142 Å². The number of rotatable bonds is 37. The van der Waals surface area contributed by atoms with Crippen molar-refractivity contribution < 1.29 is 28.6 Å². The van der Waals surface area contributed by atoms with Crippen molar-refractivity contribution in [3.63, 3.8) is 0 Å². The maximum atomic E-state index is 12.7. The van der Waals surface area contributed by atoms with E-state index in [4.69, 9.17) is 14.2 Å². The van der Waals surface area contributed by atoms with Crippen molar-refractivity contribution in [3.8, 4) is 0 Å². The molecule has 2 unspecified atom stereocenters. The van der Waals surface area contributed by atoms with Crippen LogP contribution in [0.15, 0.2) is 24.3 Å². The molecule has 0 saturated heterocycles. The average Bonchev–Trinajstić information content (AvgIpc) is 3.11. The van der Waals surface area contributed by atoms with Crippen LogP contribution in [0.3, 0.4) is 0 Å². The molecule has 0 bridgehead atoms. The maximum absolute atomic E-state index is 12.7. The van der Waals surface area contributed by atoms with Gasteiger partial charge in [0.2, 0.25) is 0 Å². The van der Waals surface area contributed by atoms with E-state index in [9.17, 15) is 14.4 Å². The Labute approximate surface area is 321 Å². The normalized spacial score (nSPS) is 13.0. The monoisotopic (exact) mass is 734 g/mol. The lowest BCUT2D eigenvalue weighted by Gasteiger charge is -2.23. The molecule has 0 amide bonds. The first kappa shape index (κ1) is 49.9. The molecule has 0 aliphatic carbocycles. The number of esters is 3. The van der Waals surface area contributed by atoms with E-state index in [2.05, 4.69) is 58.8 Å². The van der Waals surface area contributed by atoms with E-state index in [1.165, 1.54) is 51.4 Å². The van der Waals surface area contributed by atoms with E-state index >= 15 is 0 Å². The van der Waals surface area contributed by atoms with Crippen molar-refractivity contribution in [2.75, 3.05) is 40.5 Å². The lowest BCUT2D eigenvalue weighted by Crippen LogP contribution is -2.26. The fourth-order valence-electron chi connectivity index (χ4n) is 6.44. The van der Waals surface area contributed by atoms with Crippen molar-refractivity contribution in [1.29, 1.82) is 0 Å². The summed E-state index contributed by atoms with van der Waals surface area (Å²) < 4.78 is 16.5. The maximum Gasteiger partial charge on any atom is 0.306 e. The quantitative estimate of drug-likeness (QED) is 0.0272. The van der Waals surface area contributed by atoms with Gasteiger partial charge in [0, 0.05) is 25.8 Å². The summed E-state index contributed by atoms with van der Waals surface area (Å²) in [6, 6.07) is 0. The van der Waals surface area contributed by atoms with Crippen LogP contribution in [0.4, 0.5) is 0 Å². The first-order chi connectivity index (χ1) is 25.2. The van der Waals surface area contributed by atoms with Crippen LogP contribution in [0.25, 0.3) is 0 Å². The molecule has 52 heavy (non-hydrogen) atoms. The van der Waals surface area contributed by atoms with Gasteiger partial charge in [-0.25, -0.2) is 0 Å². The minimum atomic E-state index is -0.0981. The highest BCUT2D eigenvalue weighted by Crippen LogP contribution is 2.22. The Hall–Kier alpha value is -2.15. The molecule has 0 aromatic heterocycles. The topological polar surface area (TPSA) is 82.1 Å². The van der Waals surface area contributed by atoms with Gasteiger partial charge >= 0.3 is 17.9 Å². The van der Waals surface area contributed by atoms with Crippen LogP contribution in [0.2, 0.25) is 0 Å². The van der Waals surface area contributed by atoms with Gasteiger partial charge in [0.25, 0.3) is 0 Å². The molecule has 0 fully saturated rings. The van der Waals surface area contributed by atoms with Crippen LogP contribution in [0, 0.1) is 17.8 Å². The molecule has 0 saturated carbocycles. The number of nitrogens with zero attached hydrogens (tertiary/aromatic N) is 1. The van der Waals surface area contributed by atoms with Crippen LogP contribution in [-0.2, 0) is 28.6 Å². The Morgan fingerprint density at radius 1 is 0.519 bits per heavy atom. The Morgan fingerprint density at radius 3 is 1.42 bits per heavy atom. The predicted molar refractivity (Wildman–Crippen MR) is 218 cm³/mol. The molecule has 2 atom stereocenters. The molecule has 0 aliphatic heterocycles. The van der Waals surface area contributed by atoms with Crippen LogP contribution in [0.1, 0.15) is 188 Å². The molecule has 0 aliphatic rings. The van der Waals surface area contributed by atoms with Gasteiger partial charge in [-0.15, -0.1) is 0 Å². The number of unbranched alkanes of at least 4 members (excludes halogenated alkanes) is 16. The third kappa shape index (κ3) is 34.9. The van der Waals surface area contributed by atoms with E-state index in [1.54, 1.807) is 0 Å². The average molecular weight is 734 g/mol. The van der Waals surface area contributed by atoms with E-state index in [-0.39, 0.29) is 23.8 Å². The highest BCUT2D eigenvalue weighted by Gasteiger charge is 2.19. The predicted octanol–water partition coefficient (Wildman–Crippen LogP) is 12.0. The SMILES string of the molecule is CCCCCC/C=C\COC(=O)CCCCCCCC(CCCCCCCC(=O)OC/C=C\CCCCCC)COC(=O)CC(C)C(C)CN(C)C. The summed E-state index contributed by atoms with van der Waals surface area (Å²) in [5.41, 5.74) is 0. The molecule has 7 nitrogen and oxygen atoms in total. The summed E-state index contributed by atoms with van der Waals surface area (Å²) in [5.74, 6) is 0.829. The summed E-state index contributed by atoms with van der Waals surface area (Å²) in [7, 11) is 4.14. The zero-order valence-electron chi connectivity index (χ0n) is 34.9. The molecule has 0 rings (SSSR count). The van der Waals surface area contributed by atoms with Crippen LogP contribution >= 0.6 is 0 Å². The van der Waals surface area contributed by atoms with E-state index in [0.717, 1.165) is 96.4 Å². The minimum absolute atomic E-state index is 0.0770. The summed E-state index contributed by atoms with van der Waals surface area (Å²) >= 11 is 0. The molecule has 0 radical (unpaired) electrons. The van der Waals surface area contributed by atoms with Crippen molar-refractivity contribution in [3.05, 3.63) is 24.3 Å². The Balaban J connectivity index is 4.35. The van der Waals surface area contributed by atoms with Gasteiger partial charge in [-0.3, -0.25) is 14.4 Å². The number of carbonyl (C=O) groups is 3. The minimum Gasteiger partial charge on any atom is -0.465 e. The second-order valence-electron chi connectivity index (χ2n) is 15.6. The van der Waals surface area contributed by atoms with Gasteiger partial charge in [-0.2, -0.15) is 0 Å². The van der Waals surface area contributed by atoms with Crippen molar-refractivity contribution in [1.82, 2.24) is 4.90 Å². The second kappa shape index (κ2) is 37.2. The molecule has 7 heteroatoms. The largest absolute Gasteiger partial charge is 0.465 e. The number of carbonyl (C=O) groups excluding carboxylic acids is 3. The van der Waals surface area contributed by atoms with Crippen LogP contribution in [-0.4, -0.2) is 63.3 Å². The third-order valence-corrected chi connectivity index (χ3v) is 10.0. The highest BCUT2D eigenvalue weighted by molar-refractivity contribution is 5.70. The van der Waals surface area contributed by atoms with Crippen LogP contribution < -0.4 is 0 Å². The van der Waals surface area contributed by atoms with E-state index < -0.39 is 0 Å². The number of allylic oxidation sites excluding steroid dienone is 2. The van der Waals surface area contributed by atoms with Crippen molar-refractivity contribution in [2.45, 2.75) is 188 Å². The zero-order chi connectivity index (χ0) is 38.5. The first-order valence-electron chi connectivity index (χ1n) is 21.6. The van der Waals surface area contributed by atoms with Crippen molar-refractivity contribution >= 4 is 17.9 Å². The lowest BCUT2D eigenvalue weighted by molar-refractivity contribution is -0.147. The van der Waals surface area contributed by atoms with Gasteiger partial charge < -0.3 is 19.1 Å². The van der Waals surface area contributed by atoms with Gasteiger partial charge in [0.15, 0.2) is 0 Å². The van der Waals surface area contributed by atoms with Crippen LogP contribution in [0.5, 0.6) is 0 Å². The second-order valence-corrected chi connectivity index (χ2v) is 15.6. The standard InChI is InChI=1S/C45H83NO6/c1-7-9-11-13-15-23-29-35-50-43(47)33-27-21-17-19-25-31-42(39-52-45(49)37-40(3)41(4)38-46(5)6)32-26-20-18-22-28-34-44(48)51-36-30-24-16-14-12-10-8-2/h23-24,29-30,40-42H,7-22,25-28,31-39H2,1-6H3/b29-23-,30-24-. The zero-order valence-corrected chi connectivity index (χ0v) is 34.9. The molecule has 0 N–H and O–H groups in total. The summed E-state index contributed by atoms with van der Waals surface area (Å²) in [5, 5.41) is 0. The third-order valence-electron chi connectivity index (χ3n) is 10.0. The van der Waals surface area contributed by atoms with Gasteiger partial charge in [0.05, 0.1) is 6.61 Å². The molecule has 0 heterocycles. The summed E-state index contributed by atoms with van der Waals surface area (Å²) in [4.78, 5) is 39.0. The summed E-state index contributed by atoms with van der Waals surface area (Å²) in [6.07, 6.45) is 34.4. The highest BCUT2D eigenvalue weighted by atomic mass is 16.5. The molecule has 0 aromatic rings. The van der Waals surface area contributed by atoms with Crippen molar-refractivity contribution in [2.24, 2.45) is 17.8 Å².